The topological polar surface area (TPSA) is 89.9 Å². The molecule has 4 heterocycles. The molecule has 0 amide bonds. The molecule has 7 nitrogen and oxygen atoms in total. The molecule has 224 valence electrons. The standard InChI is InChI=1S/C34H25ClN4O3S3/c1-18-12-14-20(15-13-18)27-19(2)45-32-29(27)30(40)36-26(37-32)17-44-34-38-31-28(22(16-43-31)21-8-4-5-9-23(21)35)33(41)39(34)24-10-6-7-11-25(24)42-3/h4-16H,17H2,1-3H3,(H,36,37,40). The van der Waals surface area contributed by atoms with Crippen LogP contribution in [-0.2, 0) is 5.75 Å². The first-order valence-corrected chi connectivity index (χ1v) is 17.0. The van der Waals surface area contributed by atoms with Crippen molar-refractivity contribution < 1.29 is 4.74 Å². The quantitative estimate of drug-likeness (QED) is 0.135. The van der Waals surface area contributed by atoms with E-state index in [-0.39, 0.29) is 16.9 Å². The maximum Gasteiger partial charge on any atom is 0.268 e. The number of nitrogens with zero attached hydrogens (tertiary/aromatic N) is 3. The van der Waals surface area contributed by atoms with Crippen molar-refractivity contribution in [1.29, 1.82) is 0 Å². The molecule has 45 heavy (non-hydrogen) atoms. The highest BCUT2D eigenvalue weighted by Crippen LogP contribution is 2.38. The smallest absolute Gasteiger partial charge is 0.268 e. The lowest BCUT2D eigenvalue weighted by Crippen LogP contribution is -2.22. The normalized spacial score (nSPS) is 11.5. The number of methoxy groups -OCH3 is 1. The number of thioether (sulfide) groups is 1. The molecule has 0 aliphatic rings. The number of aryl methyl sites for hydroxylation is 2. The number of para-hydroxylation sites is 2. The molecule has 0 saturated carbocycles. The van der Waals surface area contributed by atoms with E-state index in [9.17, 15) is 9.59 Å². The zero-order valence-corrected chi connectivity index (χ0v) is 27.6. The Morgan fingerprint density at radius 3 is 2.44 bits per heavy atom. The van der Waals surface area contributed by atoms with Crippen molar-refractivity contribution in [2.45, 2.75) is 24.8 Å². The van der Waals surface area contributed by atoms with Gasteiger partial charge in [-0.25, -0.2) is 9.97 Å². The van der Waals surface area contributed by atoms with Crippen LogP contribution in [0.2, 0.25) is 5.02 Å². The molecule has 1 N–H and O–H groups in total. The Bertz CT molecular complexity index is 2360. The van der Waals surface area contributed by atoms with Gasteiger partial charge >= 0.3 is 0 Å². The van der Waals surface area contributed by atoms with Gasteiger partial charge in [-0.1, -0.05) is 83.5 Å². The summed E-state index contributed by atoms with van der Waals surface area (Å²) in [6, 6.07) is 22.9. The number of hydrogen-bond acceptors (Lipinski definition) is 8. The molecule has 0 spiro atoms. The van der Waals surface area contributed by atoms with E-state index in [0.717, 1.165) is 32.7 Å². The number of hydrogen-bond donors (Lipinski definition) is 1. The van der Waals surface area contributed by atoms with Gasteiger partial charge in [0.05, 0.1) is 29.3 Å². The molecular weight excluding hydrogens is 644 g/mol. The first kappa shape index (κ1) is 29.5. The van der Waals surface area contributed by atoms with Crippen LogP contribution in [0.15, 0.2) is 92.9 Å². The maximum absolute atomic E-state index is 14.4. The average Bonchev–Trinajstić information content (AvgIpc) is 3.61. The van der Waals surface area contributed by atoms with Gasteiger partial charge in [-0.05, 0) is 37.6 Å². The van der Waals surface area contributed by atoms with Gasteiger partial charge in [0.15, 0.2) is 5.16 Å². The first-order valence-electron chi connectivity index (χ1n) is 14.0. The number of benzene rings is 3. The van der Waals surface area contributed by atoms with Gasteiger partial charge in [-0.3, -0.25) is 14.2 Å². The lowest BCUT2D eigenvalue weighted by Gasteiger charge is -2.15. The number of fused-ring (bicyclic) bond motifs is 2. The second-order valence-corrected chi connectivity index (χ2v) is 13.8. The SMILES string of the molecule is COc1ccccc1-n1c(SCc2nc3sc(C)c(-c4ccc(C)cc4)c3c(=O)[nH]2)nc2scc(-c3ccccc3Cl)c2c1=O. The van der Waals surface area contributed by atoms with Gasteiger partial charge < -0.3 is 9.72 Å². The summed E-state index contributed by atoms with van der Waals surface area (Å²) in [6.45, 7) is 4.05. The highest BCUT2D eigenvalue weighted by molar-refractivity contribution is 7.98. The number of aromatic amines is 1. The molecule has 0 aliphatic carbocycles. The highest BCUT2D eigenvalue weighted by atomic mass is 35.5. The number of ether oxygens (including phenoxy) is 1. The van der Waals surface area contributed by atoms with E-state index in [1.165, 1.54) is 34.4 Å². The average molecular weight is 669 g/mol. The van der Waals surface area contributed by atoms with Crippen LogP contribution in [0.1, 0.15) is 16.3 Å². The van der Waals surface area contributed by atoms with Crippen molar-refractivity contribution in [3.8, 4) is 33.7 Å². The largest absolute Gasteiger partial charge is 0.495 e. The second-order valence-electron chi connectivity index (χ2n) is 10.4. The molecule has 7 rings (SSSR count). The molecule has 11 heteroatoms. The summed E-state index contributed by atoms with van der Waals surface area (Å²) in [5, 5.41) is 3.99. The Balaban J connectivity index is 1.33. The van der Waals surface area contributed by atoms with E-state index in [1.54, 1.807) is 23.8 Å². The van der Waals surface area contributed by atoms with Gasteiger partial charge in [-0.2, -0.15) is 0 Å². The van der Waals surface area contributed by atoms with E-state index in [2.05, 4.69) is 4.98 Å². The number of thiophene rings is 2. The Morgan fingerprint density at radius 2 is 1.67 bits per heavy atom. The Morgan fingerprint density at radius 1 is 0.911 bits per heavy atom. The lowest BCUT2D eigenvalue weighted by molar-refractivity contribution is 0.411. The van der Waals surface area contributed by atoms with Crippen molar-refractivity contribution in [3.05, 3.63) is 120 Å². The van der Waals surface area contributed by atoms with Crippen LogP contribution in [-0.4, -0.2) is 26.6 Å². The fourth-order valence-electron chi connectivity index (χ4n) is 5.41. The summed E-state index contributed by atoms with van der Waals surface area (Å²) in [7, 11) is 1.57. The van der Waals surface area contributed by atoms with E-state index in [4.69, 9.17) is 26.3 Å². The van der Waals surface area contributed by atoms with Crippen LogP contribution in [0.5, 0.6) is 5.75 Å². The van der Waals surface area contributed by atoms with Crippen LogP contribution in [0.4, 0.5) is 0 Å². The van der Waals surface area contributed by atoms with Crippen molar-refractivity contribution in [2.75, 3.05) is 7.11 Å². The van der Waals surface area contributed by atoms with E-state index >= 15 is 0 Å². The molecule has 0 saturated heterocycles. The van der Waals surface area contributed by atoms with Crippen LogP contribution in [0.3, 0.4) is 0 Å². The number of aromatic nitrogens is 4. The van der Waals surface area contributed by atoms with E-state index < -0.39 is 0 Å². The summed E-state index contributed by atoms with van der Waals surface area (Å²) < 4.78 is 7.22. The van der Waals surface area contributed by atoms with Crippen LogP contribution >= 0.6 is 46.0 Å². The first-order chi connectivity index (χ1) is 21.8. The van der Waals surface area contributed by atoms with Gasteiger partial charge in [0, 0.05) is 32.0 Å². The monoisotopic (exact) mass is 668 g/mol. The molecule has 7 aromatic rings. The minimum Gasteiger partial charge on any atom is -0.495 e. The zero-order valence-electron chi connectivity index (χ0n) is 24.4. The molecule has 0 fully saturated rings. The number of rotatable bonds is 7. The van der Waals surface area contributed by atoms with Crippen LogP contribution in [0, 0.1) is 13.8 Å². The molecule has 0 radical (unpaired) electrons. The maximum atomic E-state index is 14.4. The fourth-order valence-corrected chi connectivity index (χ4v) is 8.56. The van der Waals surface area contributed by atoms with Crippen molar-refractivity contribution in [1.82, 2.24) is 19.5 Å². The summed E-state index contributed by atoms with van der Waals surface area (Å²) in [5.74, 6) is 1.32. The van der Waals surface area contributed by atoms with Crippen molar-refractivity contribution >= 4 is 66.5 Å². The Labute approximate surface area is 275 Å². The summed E-state index contributed by atoms with van der Waals surface area (Å²) >= 11 is 10.8. The minimum atomic E-state index is -0.239. The second kappa shape index (κ2) is 11.9. The van der Waals surface area contributed by atoms with Crippen LogP contribution < -0.4 is 15.9 Å². The van der Waals surface area contributed by atoms with E-state index in [1.807, 2.05) is 79.9 Å². The predicted octanol–water partition coefficient (Wildman–Crippen LogP) is 8.65. The van der Waals surface area contributed by atoms with Gasteiger partial charge in [-0.15, -0.1) is 22.7 Å². The van der Waals surface area contributed by atoms with E-state index in [0.29, 0.717) is 47.9 Å². The predicted molar refractivity (Wildman–Crippen MR) is 187 cm³/mol. The number of nitrogens with one attached hydrogen (secondary N) is 1. The van der Waals surface area contributed by atoms with Crippen molar-refractivity contribution in [3.63, 3.8) is 0 Å². The third-order valence-electron chi connectivity index (χ3n) is 7.53. The highest BCUT2D eigenvalue weighted by Gasteiger charge is 2.22. The third kappa shape index (κ3) is 5.27. The molecule has 0 unspecified atom stereocenters. The molecule has 0 aliphatic heterocycles. The van der Waals surface area contributed by atoms with Gasteiger partial charge in [0.25, 0.3) is 11.1 Å². The van der Waals surface area contributed by atoms with Crippen molar-refractivity contribution in [2.24, 2.45) is 0 Å². The third-order valence-corrected chi connectivity index (χ3v) is 10.7. The summed E-state index contributed by atoms with van der Waals surface area (Å²) in [4.78, 5) is 42.9. The molecule has 0 atom stereocenters. The number of halogens is 1. The Hall–Kier alpha value is -4.22. The lowest BCUT2D eigenvalue weighted by atomic mass is 10.0. The summed E-state index contributed by atoms with van der Waals surface area (Å²) in [6.07, 6.45) is 0. The fraction of sp³-hybridized carbons (Fsp3) is 0.118. The molecule has 4 aromatic heterocycles. The van der Waals surface area contributed by atoms with Gasteiger partial charge in [0.1, 0.15) is 21.2 Å². The zero-order chi connectivity index (χ0) is 31.2. The Kier molecular flexibility index (Phi) is 7.83. The molecule has 0 bridgehead atoms. The molecular formula is C34H25ClN4O3S3. The van der Waals surface area contributed by atoms with Gasteiger partial charge in [0.2, 0.25) is 0 Å². The molecule has 3 aromatic carbocycles. The summed E-state index contributed by atoms with van der Waals surface area (Å²) in [5.41, 5.74) is 4.68. The minimum absolute atomic E-state index is 0.191. The number of H-pyrrole nitrogens is 1. The van der Waals surface area contributed by atoms with Crippen LogP contribution in [0.25, 0.3) is 48.4 Å².